The van der Waals surface area contributed by atoms with E-state index in [0.717, 1.165) is 20.4 Å². The number of aryl methyl sites for hydroxylation is 1. The second-order valence-electron chi connectivity index (χ2n) is 6.04. The smallest absolute Gasteiger partial charge is 0.240 e. The van der Waals surface area contributed by atoms with Gasteiger partial charge in [0.1, 0.15) is 0 Å². The van der Waals surface area contributed by atoms with Gasteiger partial charge in [-0.15, -0.1) is 0 Å². The van der Waals surface area contributed by atoms with Crippen molar-refractivity contribution in [2.45, 2.75) is 26.7 Å². The summed E-state index contributed by atoms with van der Waals surface area (Å²) < 4.78 is 1.11. The van der Waals surface area contributed by atoms with E-state index in [1.54, 1.807) is 6.92 Å². The molecule has 2 aromatic carbocycles. The van der Waals surface area contributed by atoms with Crippen LogP contribution in [0.5, 0.6) is 0 Å². The number of nitrogens with zero attached hydrogens (tertiary/aromatic N) is 1. The van der Waals surface area contributed by atoms with Crippen molar-refractivity contribution in [3.05, 3.63) is 69.3 Å². The summed E-state index contributed by atoms with van der Waals surface area (Å²) in [6.45, 7) is 3.73. The Balaban J connectivity index is 1.76. The predicted molar refractivity (Wildman–Crippen MR) is 118 cm³/mol. The molecule has 0 fully saturated rings. The molecule has 0 aromatic heterocycles. The molecule has 0 radical (unpaired) electrons. The van der Waals surface area contributed by atoms with Crippen LogP contribution in [0.4, 0.5) is 5.69 Å². The maximum Gasteiger partial charge on any atom is 0.240 e. The van der Waals surface area contributed by atoms with Gasteiger partial charge in [0.05, 0.1) is 5.71 Å². The highest BCUT2D eigenvalue weighted by Gasteiger charge is 2.08. The highest BCUT2D eigenvalue weighted by molar-refractivity contribution is 14.1. The van der Waals surface area contributed by atoms with Crippen molar-refractivity contribution in [1.29, 1.82) is 0 Å². The lowest BCUT2D eigenvalue weighted by atomic mass is 10.2. The van der Waals surface area contributed by atoms with Crippen molar-refractivity contribution in [1.82, 2.24) is 5.43 Å². The van der Waals surface area contributed by atoms with Crippen LogP contribution in [0, 0.1) is 10.5 Å². The highest BCUT2D eigenvalue weighted by Crippen LogP contribution is 2.17. The second-order valence-corrected chi connectivity index (χ2v) is 7.29. The Labute approximate surface area is 173 Å². The number of benzene rings is 2. The Hall–Kier alpha value is -2.48. The van der Waals surface area contributed by atoms with Gasteiger partial charge >= 0.3 is 0 Å². The molecule has 0 unspecified atom stereocenters. The highest BCUT2D eigenvalue weighted by atomic mass is 127. The third kappa shape index (κ3) is 7.74. The summed E-state index contributed by atoms with van der Waals surface area (Å²) in [5.74, 6) is -0.490. The normalized spacial score (nSPS) is 11.4. The minimum atomic E-state index is -0.294. The summed E-state index contributed by atoms with van der Waals surface area (Å²) in [6.07, 6.45) is 3.92. The fraction of sp³-hybridized carbons (Fsp3) is 0.190. The average Bonchev–Trinajstić information content (AvgIpc) is 2.66. The van der Waals surface area contributed by atoms with Crippen LogP contribution in [0.2, 0.25) is 0 Å². The minimum absolute atomic E-state index is 0.0778. The average molecular weight is 475 g/mol. The van der Waals surface area contributed by atoms with E-state index in [9.17, 15) is 9.59 Å². The molecule has 0 spiro atoms. The summed E-state index contributed by atoms with van der Waals surface area (Å²) in [5, 5.41) is 6.85. The van der Waals surface area contributed by atoms with E-state index < -0.39 is 0 Å². The van der Waals surface area contributed by atoms with Gasteiger partial charge in [0.2, 0.25) is 11.8 Å². The summed E-state index contributed by atoms with van der Waals surface area (Å²) in [6, 6.07) is 15.6. The van der Waals surface area contributed by atoms with Gasteiger partial charge in [-0.2, -0.15) is 5.10 Å². The number of halogens is 1. The standard InChI is InChI=1S/C21H22IN3O2/c1-15-14-18(22)10-11-19(15)23-20(26)12-13-21(27)25-24-16(2)8-9-17-6-4-3-5-7-17/h3-11,14H,12-13H2,1-2H3,(H,23,26)(H,25,27)/b9-8+,24-16-. The topological polar surface area (TPSA) is 70.6 Å². The van der Waals surface area contributed by atoms with Gasteiger partial charge in [0.15, 0.2) is 0 Å². The molecule has 2 N–H and O–H groups in total. The number of anilines is 1. The van der Waals surface area contributed by atoms with E-state index in [1.807, 2.05) is 67.6 Å². The van der Waals surface area contributed by atoms with Crippen molar-refractivity contribution in [2.75, 3.05) is 5.32 Å². The van der Waals surface area contributed by atoms with Crippen molar-refractivity contribution in [3.8, 4) is 0 Å². The van der Waals surface area contributed by atoms with Crippen molar-refractivity contribution < 1.29 is 9.59 Å². The summed E-state index contributed by atoms with van der Waals surface area (Å²) >= 11 is 2.22. The molecule has 0 heterocycles. The fourth-order valence-electron chi connectivity index (χ4n) is 2.23. The fourth-order valence-corrected chi connectivity index (χ4v) is 2.88. The number of hydrogen-bond donors (Lipinski definition) is 2. The van der Waals surface area contributed by atoms with Gasteiger partial charge in [0, 0.05) is 22.1 Å². The number of carbonyl (C=O) groups is 2. The SMILES string of the molecule is CC(/C=C/c1ccccc1)=N/NC(=O)CCC(=O)Nc1ccc(I)cc1C. The Morgan fingerprint density at radius 2 is 1.78 bits per heavy atom. The Bertz CT molecular complexity index is 861. The van der Waals surface area contributed by atoms with E-state index in [1.165, 1.54) is 0 Å². The maximum absolute atomic E-state index is 12.0. The molecule has 2 amide bonds. The first-order valence-electron chi connectivity index (χ1n) is 8.56. The number of nitrogens with one attached hydrogen (secondary N) is 2. The van der Waals surface area contributed by atoms with Gasteiger partial charge in [-0.25, -0.2) is 5.43 Å². The summed E-state index contributed by atoms with van der Waals surface area (Å²) in [4.78, 5) is 23.9. The van der Waals surface area contributed by atoms with Gasteiger partial charge in [-0.1, -0.05) is 36.4 Å². The lowest BCUT2D eigenvalue weighted by Crippen LogP contribution is -2.21. The third-order valence-corrected chi connectivity index (χ3v) is 4.39. The van der Waals surface area contributed by atoms with E-state index in [4.69, 9.17) is 0 Å². The zero-order valence-corrected chi connectivity index (χ0v) is 17.5. The Morgan fingerprint density at radius 1 is 1.07 bits per heavy atom. The molecule has 0 saturated heterocycles. The Morgan fingerprint density at radius 3 is 2.48 bits per heavy atom. The van der Waals surface area contributed by atoms with Crippen LogP contribution >= 0.6 is 22.6 Å². The first-order chi connectivity index (χ1) is 12.9. The number of rotatable bonds is 7. The zero-order chi connectivity index (χ0) is 19.6. The largest absolute Gasteiger partial charge is 0.326 e. The monoisotopic (exact) mass is 475 g/mol. The zero-order valence-electron chi connectivity index (χ0n) is 15.3. The number of carbonyl (C=O) groups excluding carboxylic acids is 2. The maximum atomic E-state index is 12.0. The lowest BCUT2D eigenvalue weighted by molar-refractivity contribution is -0.124. The van der Waals surface area contributed by atoms with Gasteiger partial charge in [-0.05, 0) is 71.8 Å². The molecule has 5 nitrogen and oxygen atoms in total. The van der Waals surface area contributed by atoms with Crippen LogP contribution in [0.15, 0.2) is 59.7 Å². The van der Waals surface area contributed by atoms with E-state index >= 15 is 0 Å². The molecule has 0 aliphatic carbocycles. The molecular formula is C21H22IN3O2. The molecule has 0 saturated carbocycles. The molecular weight excluding hydrogens is 453 g/mol. The van der Waals surface area contributed by atoms with Gasteiger partial charge in [-0.3, -0.25) is 9.59 Å². The van der Waals surface area contributed by atoms with E-state index in [2.05, 4.69) is 38.4 Å². The van der Waals surface area contributed by atoms with Crippen molar-refractivity contribution in [3.63, 3.8) is 0 Å². The molecule has 2 rings (SSSR count). The molecule has 27 heavy (non-hydrogen) atoms. The molecule has 2 aromatic rings. The number of amides is 2. The predicted octanol–water partition coefficient (Wildman–Crippen LogP) is 4.52. The number of hydrazone groups is 1. The van der Waals surface area contributed by atoms with E-state index in [-0.39, 0.29) is 24.7 Å². The number of hydrogen-bond acceptors (Lipinski definition) is 3. The third-order valence-electron chi connectivity index (χ3n) is 3.72. The second kappa shape index (κ2) is 10.6. The van der Waals surface area contributed by atoms with Crippen LogP contribution in [0.25, 0.3) is 6.08 Å². The molecule has 0 aliphatic rings. The minimum Gasteiger partial charge on any atom is -0.326 e. The van der Waals surface area contributed by atoms with Crippen LogP contribution in [0.1, 0.15) is 30.9 Å². The molecule has 0 bridgehead atoms. The van der Waals surface area contributed by atoms with Gasteiger partial charge < -0.3 is 5.32 Å². The lowest BCUT2D eigenvalue weighted by Gasteiger charge is -2.08. The van der Waals surface area contributed by atoms with Crippen molar-refractivity contribution >= 4 is 51.9 Å². The van der Waals surface area contributed by atoms with Crippen LogP contribution in [-0.2, 0) is 9.59 Å². The first-order valence-corrected chi connectivity index (χ1v) is 9.64. The molecule has 6 heteroatoms. The van der Waals surface area contributed by atoms with Crippen molar-refractivity contribution in [2.24, 2.45) is 5.10 Å². The van der Waals surface area contributed by atoms with Crippen LogP contribution < -0.4 is 10.7 Å². The summed E-state index contributed by atoms with van der Waals surface area (Å²) in [5.41, 5.74) is 5.96. The van der Waals surface area contributed by atoms with Gasteiger partial charge in [0.25, 0.3) is 0 Å². The number of allylic oxidation sites excluding steroid dienone is 1. The van der Waals surface area contributed by atoms with Crippen LogP contribution in [-0.4, -0.2) is 17.5 Å². The molecule has 0 atom stereocenters. The van der Waals surface area contributed by atoms with E-state index in [0.29, 0.717) is 5.71 Å². The summed E-state index contributed by atoms with van der Waals surface area (Å²) in [7, 11) is 0. The van der Waals surface area contributed by atoms with Crippen LogP contribution in [0.3, 0.4) is 0 Å². The Kier molecular flexibility index (Phi) is 8.19. The quantitative estimate of drug-likeness (QED) is 0.351. The molecule has 0 aliphatic heterocycles. The first kappa shape index (κ1) is 20.8. The molecule has 140 valence electrons.